The van der Waals surface area contributed by atoms with Crippen molar-refractivity contribution in [3.05, 3.63) is 18.2 Å². The van der Waals surface area contributed by atoms with Crippen LogP contribution in [-0.4, -0.2) is 46.9 Å². The molecule has 0 unspecified atom stereocenters. The predicted molar refractivity (Wildman–Crippen MR) is 101 cm³/mol. The zero-order valence-electron chi connectivity index (χ0n) is 15.2. The number of hydrogen-bond donors (Lipinski definition) is 1. The maximum absolute atomic E-state index is 13.1. The molecule has 6 nitrogen and oxygen atoms in total. The fourth-order valence-corrected chi connectivity index (χ4v) is 3.39. The van der Waals surface area contributed by atoms with E-state index in [4.69, 9.17) is 19.9 Å². The number of benzene rings is 1. The van der Waals surface area contributed by atoms with Crippen LogP contribution in [0.5, 0.6) is 11.5 Å². The predicted octanol–water partition coefficient (Wildman–Crippen LogP) is 2.48. The maximum atomic E-state index is 13.1. The van der Waals surface area contributed by atoms with Crippen LogP contribution in [0.4, 0.5) is 5.69 Å². The number of nitrogens with two attached hydrogens (primary N) is 1. The molecule has 0 aromatic heterocycles. The minimum absolute atomic E-state index is 0. The Kier molecular flexibility index (Phi) is 9.03. The molecule has 0 aliphatic heterocycles. The summed E-state index contributed by atoms with van der Waals surface area (Å²) < 4.78 is 15.8. The number of nitrogens with zero attached hydrogens (tertiary/aromatic N) is 1. The smallest absolute Gasteiger partial charge is 0.230 e. The van der Waals surface area contributed by atoms with Crippen LogP contribution in [0.2, 0.25) is 0 Å². The molecule has 0 bridgehead atoms. The van der Waals surface area contributed by atoms with Crippen molar-refractivity contribution in [3.63, 3.8) is 0 Å². The summed E-state index contributed by atoms with van der Waals surface area (Å²) >= 11 is 0. The lowest BCUT2D eigenvalue weighted by Gasteiger charge is -2.28. The topological polar surface area (TPSA) is 74.0 Å². The van der Waals surface area contributed by atoms with Gasteiger partial charge in [0.25, 0.3) is 0 Å². The van der Waals surface area contributed by atoms with E-state index >= 15 is 0 Å². The quantitative estimate of drug-likeness (QED) is 0.758. The number of rotatable bonds is 8. The number of methoxy groups -OCH3 is 3. The summed E-state index contributed by atoms with van der Waals surface area (Å²) in [5.74, 6) is 1.61. The molecule has 2 atom stereocenters. The molecule has 142 valence electrons. The van der Waals surface area contributed by atoms with Gasteiger partial charge in [0.15, 0.2) is 11.5 Å². The lowest BCUT2D eigenvalue weighted by Crippen LogP contribution is -2.41. The highest BCUT2D eigenvalue weighted by molar-refractivity contribution is 5.95. The second kappa shape index (κ2) is 10.5. The molecule has 7 heteroatoms. The molecule has 1 amide bonds. The molecule has 2 rings (SSSR count). The van der Waals surface area contributed by atoms with Crippen molar-refractivity contribution in [1.29, 1.82) is 0 Å². The molecule has 1 saturated carbocycles. The van der Waals surface area contributed by atoms with E-state index in [1.807, 2.05) is 18.2 Å². The van der Waals surface area contributed by atoms with Gasteiger partial charge < -0.3 is 24.8 Å². The Morgan fingerprint density at radius 2 is 1.92 bits per heavy atom. The van der Waals surface area contributed by atoms with E-state index in [1.165, 1.54) is 0 Å². The average Bonchev–Trinajstić information content (AvgIpc) is 3.10. The lowest BCUT2D eigenvalue weighted by molar-refractivity contribution is -0.123. The summed E-state index contributed by atoms with van der Waals surface area (Å²) in [5.41, 5.74) is 6.64. The summed E-state index contributed by atoms with van der Waals surface area (Å²) in [6.45, 7) is 1.53. The number of ether oxygens (including phenoxy) is 3. The third kappa shape index (κ3) is 5.00. The number of amides is 1. The Hall–Kier alpha value is -1.50. The standard InChI is InChI=1S/C18H28N2O4.ClH/c1-22-10-9-20(18(21)15-6-4-5-13(15)12-19)14-7-8-16(23-2)17(11-14)24-3;/h7-8,11,13,15H,4-6,9-10,12,19H2,1-3H3;1H/t13-,15-;/m1./s1. The number of carbonyl (C=O) groups excluding carboxylic acids is 1. The average molecular weight is 373 g/mol. The third-order valence-electron chi connectivity index (χ3n) is 4.74. The van der Waals surface area contributed by atoms with Crippen LogP contribution in [0.1, 0.15) is 19.3 Å². The highest BCUT2D eigenvalue weighted by Crippen LogP contribution is 2.36. The Balaban J connectivity index is 0.00000312. The van der Waals surface area contributed by atoms with Crippen molar-refractivity contribution in [1.82, 2.24) is 0 Å². The first-order valence-electron chi connectivity index (χ1n) is 8.38. The number of halogens is 1. The van der Waals surface area contributed by atoms with Crippen molar-refractivity contribution in [2.24, 2.45) is 17.6 Å². The largest absolute Gasteiger partial charge is 0.493 e. The van der Waals surface area contributed by atoms with E-state index < -0.39 is 0 Å². The van der Waals surface area contributed by atoms with Crippen LogP contribution in [0, 0.1) is 11.8 Å². The zero-order chi connectivity index (χ0) is 17.5. The van der Waals surface area contributed by atoms with Gasteiger partial charge in [-0.3, -0.25) is 4.79 Å². The summed E-state index contributed by atoms with van der Waals surface area (Å²) in [6.07, 6.45) is 2.98. The van der Waals surface area contributed by atoms with Gasteiger partial charge in [-0.25, -0.2) is 0 Å². The third-order valence-corrected chi connectivity index (χ3v) is 4.74. The molecule has 0 heterocycles. The zero-order valence-corrected chi connectivity index (χ0v) is 16.0. The van der Waals surface area contributed by atoms with Crippen LogP contribution in [0.25, 0.3) is 0 Å². The molecule has 0 spiro atoms. The first-order chi connectivity index (χ1) is 11.7. The molecule has 1 aliphatic rings. The second-order valence-corrected chi connectivity index (χ2v) is 6.06. The highest BCUT2D eigenvalue weighted by atomic mass is 35.5. The molecule has 1 aromatic carbocycles. The molecule has 2 N–H and O–H groups in total. The van der Waals surface area contributed by atoms with Gasteiger partial charge in [-0.05, 0) is 37.4 Å². The van der Waals surface area contributed by atoms with Gasteiger partial charge in [0.05, 0.1) is 20.8 Å². The van der Waals surface area contributed by atoms with Gasteiger partial charge in [-0.2, -0.15) is 0 Å². The van der Waals surface area contributed by atoms with Gasteiger partial charge >= 0.3 is 0 Å². The molecular weight excluding hydrogens is 344 g/mol. The van der Waals surface area contributed by atoms with Crippen LogP contribution in [-0.2, 0) is 9.53 Å². The fourth-order valence-electron chi connectivity index (χ4n) is 3.39. The molecule has 25 heavy (non-hydrogen) atoms. The van der Waals surface area contributed by atoms with E-state index in [1.54, 1.807) is 26.2 Å². The summed E-state index contributed by atoms with van der Waals surface area (Å²) in [4.78, 5) is 14.9. The Morgan fingerprint density at radius 1 is 1.20 bits per heavy atom. The molecule has 1 aliphatic carbocycles. The monoisotopic (exact) mass is 372 g/mol. The molecule has 1 aromatic rings. The molecule has 0 radical (unpaired) electrons. The number of hydrogen-bond acceptors (Lipinski definition) is 5. The van der Waals surface area contributed by atoms with Crippen LogP contribution in [0.15, 0.2) is 18.2 Å². The Labute approximate surface area is 156 Å². The lowest BCUT2D eigenvalue weighted by atomic mass is 9.94. The minimum atomic E-state index is -0.0139. The van der Waals surface area contributed by atoms with Crippen LogP contribution < -0.4 is 20.1 Å². The van der Waals surface area contributed by atoms with Gasteiger partial charge in [-0.1, -0.05) is 6.42 Å². The van der Waals surface area contributed by atoms with Crippen molar-refractivity contribution in [2.75, 3.05) is 45.9 Å². The summed E-state index contributed by atoms with van der Waals surface area (Å²) in [5, 5.41) is 0. The van der Waals surface area contributed by atoms with Crippen molar-refractivity contribution in [3.8, 4) is 11.5 Å². The fraction of sp³-hybridized carbons (Fsp3) is 0.611. The van der Waals surface area contributed by atoms with Crippen molar-refractivity contribution < 1.29 is 19.0 Å². The van der Waals surface area contributed by atoms with E-state index in [0.29, 0.717) is 31.2 Å². The maximum Gasteiger partial charge on any atom is 0.230 e. The SMILES string of the molecule is COCCN(C(=O)[C@@H]1CCC[C@@H]1CN)c1ccc(OC)c(OC)c1.Cl. The van der Waals surface area contributed by atoms with E-state index in [0.717, 1.165) is 24.9 Å². The number of anilines is 1. The highest BCUT2D eigenvalue weighted by Gasteiger charge is 2.35. The first-order valence-corrected chi connectivity index (χ1v) is 8.38. The van der Waals surface area contributed by atoms with Gasteiger partial charge in [0, 0.05) is 31.3 Å². The van der Waals surface area contributed by atoms with Gasteiger partial charge in [-0.15, -0.1) is 12.4 Å². The van der Waals surface area contributed by atoms with E-state index in [-0.39, 0.29) is 30.2 Å². The van der Waals surface area contributed by atoms with E-state index in [9.17, 15) is 4.79 Å². The summed E-state index contributed by atoms with van der Waals surface area (Å²) in [7, 11) is 4.82. The van der Waals surface area contributed by atoms with Gasteiger partial charge in [0.2, 0.25) is 5.91 Å². The minimum Gasteiger partial charge on any atom is -0.493 e. The number of carbonyl (C=O) groups is 1. The molecular formula is C18H29ClN2O4. The van der Waals surface area contributed by atoms with Crippen molar-refractivity contribution >= 4 is 24.0 Å². The Morgan fingerprint density at radius 3 is 2.52 bits per heavy atom. The van der Waals surface area contributed by atoms with Crippen LogP contribution in [0.3, 0.4) is 0 Å². The normalized spacial score (nSPS) is 19.2. The molecule has 0 saturated heterocycles. The van der Waals surface area contributed by atoms with Gasteiger partial charge in [0.1, 0.15) is 0 Å². The Bertz CT molecular complexity index is 556. The second-order valence-electron chi connectivity index (χ2n) is 6.06. The van der Waals surface area contributed by atoms with Crippen LogP contribution >= 0.6 is 12.4 Å². The van der Waals surface area contributed by atoms with Crippen molar-refractivity contribution in [2.45, 2.75) is 19.3 Å². The van der Waals surface area contributed by atoms with E-state index in [2.05, 4.69) is 0 Å². The first kappa shape index (κ1) is 21.5. The molecule has 1 fully saturated rings. The summed E-state index contributed by atoms with van der Waals surface area (Å²) in [6, 6.07) is 5.52.